The summed E-state index contributed by atoms with van der Waals surface area (Å²) in [5.41, 5.74) is 2.08. The summed E-state index contributed by atoms with van der Waals surface area (Å²) in [6, 6.07) is 5.26. The van der Waals surface area contributed by atoms with Crippen molar-refractivity contribution in [3.8, 4) is 5.69 Å². The molecule has 2 aromatic rings. The summed E-state index contributed by atoms with van der Waals surface area (Å²) in [6.45, 7) is 7.14. The molecule has 0 saturated carbocycles. The predicted molar refractivity (Wildman–Crippen MR) is 113 cm³/mol. The number of carbonyl (C=O) groups is 2. The molecule has 3 rings (SSSR count). The van der Waals surface area contributed by atoms with E-state index in [4.69, 9.17) is 27.9 Å². The molecule has 1 amide bonds. The van der Waals surface area contributed by atoms with Crippen molar-refractivity contribution in [2.75, 3.05) is 19.7 Å². The Morgan fingerprint density at radius 2 is 2.03 bits per heavy atom. The first-order chi connectivity index (χ1) is 13.8. The van der Waals surface area contributed by atoms with Gasteiger partial charge in [-0.2, -0.15) is 5.10 Å². The number of nitrogens with zero attached hydrogens (tertiary/aromatic N) is 3. The van der Waals surface area contributed by atoms with Crippen LogP contribution in [0.15, 0.2) is 24.4 Å². The lowest BCUT2D eigenvalue weighted by Gasteiger charge is -2.31. The number of rotatable bonds is 5. The first-order valence-corrected chi connectivity index (χ1v) is 10.6. The molecule has 1 aliphatic rings. The maximum atomic E-state index is 13.3. The Labute approximate surface area is 180 Å². The van der Waals surface area contributed by atoms with Gasteiger partial charge in [0.2, 0.25) is 0 Å². The van der Waals surface area contributed by atoms with Crippen molar-refractivity contribution in [1.82, 2.24) is 14.7 Å². The lowest BCUT2D eigenvalue weighted by Crippen LogP contribution is -2.43. The Hall–Kier alpha value is -2.05. The van der Waals surface area contributed by atoms with Gasteiger partial charge in [0.05, 0.1) is 45.7 Å². The quantitative estimate of drug-likeness (QED) is 0.634. The van der Waals surface area contributed by atoms with Crippen molar-refractivity contribution < 1.29 is 14.3 Å². The van der Waals surface area contributed by atoms with Crippen molar-refractivity contribution in [3.63, 3.8) is 0 Å². The fourth-order valence-electron chi connectivity index (χ4n) is 3.69. The van der Waals surface area contributed by atoms with Crippen LogP contribution < -0.4 is 0 Å². The van der Waals surface area contributed by atoms with Crippen molar-refractivity contribution in [1.29, 1.82) is 0 Å². The lowest BCUT2D eigenvalue weighted by atomic mass is 9.97. The minimum atomic E-state index is -0.278. The van der Waals surface area contributed by atoms with Crippen LogP contribution in [-0.2, 0) is 9.53 Å². The highest BCUT2D eigenvalue weighted by Crippen LogP contribution is 2.29. The molecule has 1 aliphatic heterocycles. The highest BCUT2D eigenvalue weighted by Gasteiger charge is 2.32. The van der Waals surface area contributed by atoms with E-state index in [-0.39, 0.29) is 23.7 Å². The van der Waals surface area contributed by atoms with Crippen LogP contribution in [0.1, 0.15) is 55.6 Å². The van der Waals surface area contributed by atoms with E-state index in [0.717, 1.165) is 24.2 Å². The molecule has 1 atom stereocenters. The molecule has 2 heterocycles. The van der Waals surface area contributed by atoms with Crippen LogP contribution in [0.5, 0.6) is 0 Å². The number of benzene rings is 1. The molecule has 1 aromatic carbocycles. The Morgan fingerprint density at radius 1 is 1.28 bits per heavy atom. The van der Waals surface area contributed by atoms with Crippen LogP contribution in [-0.4, -0.2) is 46.3 Å². The van der Waals surface area contributed by atoms with Gasteiger partial charge in [-0.25, -0.2) is 4.68 Å². The number of ether oxygens (including phenoxy) is 1. The van der Waals surface area contributed by atoms with Crippen LogP contribution in [0.4, 0.5) is 0 Å². The fraction of sp³-hybridized carbons (Fsp3) is 0.476. The molecule has 0 spiro atoms. The molecule has 6 nitrogen and oxygen atoms in total. The number of carbonyl (C=O) groups excluding carboxylic acids is 2. The van der Waals surface area contributed by atoms with Gasteiger partial charge in [0.25, 0.3) is 5.91 Å². The van der Waals surface area contributed by atoms with Gasteiger partial charge in [-0.15, -0.1) is 0 Å². The maximum absolute atomic E-state index is 13.3. The van der Waals surface area contributed by atoms with Gasteiger partial charge in [-0.05, 0) is 43.9 Å². The summed E-state index contributed by atoms with van der Waals surface area (Å²) < 4.78 is 6.87. The maximum Gasteiger partial charge on any atom is 0.310 e. The topological polar surface area (TPSA) is 64.4 Å². The molecular formula is C21H25Cl2N3O3. The van der Waals surface area contributed by atoms with E-state index in [9.17, 15) is 9.59 Å². The van der Waals surface area contributed by atoms with Crippen LogP contribution in [0, 0.1) is 5.92 Å². The molecule has 8 heteroatoms. The van der Waals surface area contributed by atoms with Crippen molar-refractivity contribution >= 4 is 35.1 Å². The summed E-state index contributed by atoms with van der Waals surface area (Å²) in [7, 11) is 0. The fourth-order valence-corrected chi connectivity index (χ4v) is 3.98. The highest BCUT2D eigenvalue weighted by molar-refractivity contribution is 6.42. The van der Waals surface area contributed by atoms with Crippen molar-refractivity contribution in [3.05, 3.63) is 45.7 Å². The summed E-state index contributed by atoms with van der Waals surface area (Å²) in [5.74, 6) is -0.577. The van der Waals surface area contributed by atoms with Gasteiger partial charge >= 0.3 is 5.97 Å². The second-order valence-corrected chi connectivity index (χ2v) is 8.27. The third kappa shape index (κ3) is 4.59. The molecular weight excluding hydrogens is 413 g/mol. The largest absolute Gasteiger partial charge is 0.466 e. The highest BCUT2D eigenvalue weighted by atomic mass is 35.5. The van der Waals surface area contributed by atoms with E-state index < -0.39 is 0 Å². The molecule has 1 saturated heterocycles. The Balaban J connectivity index is 1.90. The standard InChI is InChI=1S/C21H25Cl2N3O3/c1-4-29-21(28)14-6-5-9-25(12-14)20(27)16-11-24-26(19(16)13(2)3)15-7-8-17(22)18(23)10-15/h7-8,10-11,13-14H,4-6,9,12H2,1-3H3/t14-/m0/s1. The molecule has 156 valence electrons. The molecule has 29 heavy (non-hydrogen) atoms. The Kier molecular flexibility index (Phi) is 6.85. The molecule has 1 fully saturated rings. The predicted octanol–water partition coefficient (Wildman–Crippen LogP) is 4.72. The van der Waals surface area contributed by atoms with E-state index in [1.54, 1.807) is 34.8 Å². The van der Waals surface area contributed by atoms with Crippen LogP contribution >= 0.6 is 23.2 Å². The third-order valence-electron chi connectivity index (χ3n) is 5.06. The van der Waals surface area contributed by atoms with Crippen LogP contribution in [0.25, 0.3) is 5.69 Å². The van der Waals surface area contributed by atoms with E-state index in [2.05, 4.69) is 5.10 Å². The summed E-state index contributed by atoms with van der Waals surface area (Å²) in [5, 5.41) is 5.34. The second kappa shape index (κ2) is 9.18. The van der Waals surface area contributed by atoms with Gasteiger partial charge in [0.1, 0.15) is 0 Å². The normalized spacial score (nSPS) is 16.9. The number of aromatic nitrogens is 2. The Morgan fingerprint density at radius 3 is 2.69 bits per heavy atom. The minimum absolute atomic E-state index is 0.0524. The first-order valence-electron chi connectivity index (χ1n) is 9.82. The summed E-state index contributed by atoms with van der Waals surface area (Å²) in [6.07, 6.45) is 3.10. The van der Waals surface area contributed by atoms with Gasteiger partial charge in [0, 0.05) is 13.1 Å². The molecule has 0 N–H and O–H groups in total. The zero-order chi connectivity index (χ0) is 21.1. The summed E-state index contributed by atoms with van der Waals surface area (Å²) >= 11 is 12.2. The van der Waals surface area contributed by atoms with E-state index in [1.165, 1.54) is 0 Å². The van der Waals surface area contributed by atoms with Crippen LogP contribution in [0.3, 0.4) is 0 Å². The number of piperidine rings is 1. The zero-order valence-electron chi connectivity index (χ0n) is 16.8. The van der Waals surface area contributed by atoms with Crippen molar-refractivity contribution in [2.24, 2.45) is 5.92 Å². The van der Waals surface area contributed by atoms with E-state index in [1.807, 2.05) is 19.9 Å². The average Bonchev–Trinajstić information content (AvgIpc) is 3.15. The van der Waals surface area contributed by atoms with Gasteiger partial charge in [0.15, 0.2) is 0 Å². The van der Waals surface area contributed by atoms with Crippen molar-refractivity contribution in [2.45, 2.75) is 39.5 Å². The van der Waals surface area contributed by atoms with Crippen LogP contribution in [0.2, 0.25) is 10.0 Å². The molecule has 1 aromatic heterocycles. The lowest BCUT2D eigenvalue weighted by molar-refractivity contribution is -0.149. The Bertz CT molecular complexity index is 911. The number of halogens is 2. The monoisotopic (exact) mass is 437 g/mol. The van der Waals surface area contributed by atoms with E-state index in [0.29, 0.717) is 35.3 Å². The SMILES string of the molecule is CCOC(=O)[C@H]1CCCN(C(=O)c2cnn(-c3ccc(Cl)c(Cl)c3)c2C(C)C)C1. The van der Waals surface area contributed by atoms with Gasteiger partial charge < -0.3 is 9.64 Å². The summed E-state index contributed by atoms with van der Waals surface area (Å²) in [4.78, 5) is 27.1. The van der Waals surface area contributed by atoms with Gasteiger partial charge in [-0.3, -0.25) is 9.59 Å². The first kappa shape index (κ1) is 21.7. The average molecular weight is 438 g/mol. The molecule has 0 aliphatic carbocycles. The zero-order valence-corrected chi connectivity index (χ0v) is 18.3. The molecule has 0 bridgehead atoms. The number of hydrogen-bond acceptors (Lipinski definition) is 4. The van der Waals surface area contributed by atoms with E-state index >= 15 is 0 Å². The van der Waals surface area contributed by atoms with Gasteiger partial charge in [-0.1, -0.05) is 37.0 Å². The molecule has 0 unspecified atom stereocenters. The third-order valence-corrected chi connectivity index (χ3v) is 5.80. The number of likely N-dealkylation sites (tertiary alicyclic amines) is 1. The second-order valence-electron chi connectivity index (χ2n) is 7.45. The number of esters is 1. The molecule has 0 radical (unpaired) electrons. The number of amides is 1. The minimum Gasteiger partial charge on any atom is -0.466 e. The number of hydrogen-bond donors (Lipinski definition) is 0. The smallest absolute Gasteiger partial charge is 0.310 e.